The third-order valence-corrected chi connectivity index (χ3v) is 7.99. The lowest BCUT2D eigenvalue weighted by atomic mass is 9.51. The molecule has 3 aliphatic heterocycles. The quantitative estimate of drug-likeness (QED) is 0.555. The highest BCUT2D eigenvalue weighted by Gasteiger charge is 2.77. The van der Waals surface area contributed by atoms with Crippen molar-refractivity contribution in [3.63, 3.8) is 0 Å². The van der Waals surface area contributed by atoms with Gasteiger partial charge in [-0.3, -0.25) is 9.59 Å². The van der Waals surface area contributed by atoms with E-state index >= 15 is 0 Å². The van der Waals surface area contributed by atoms with E-state index in [-0.39, 0.29) is 51.6 Å². The molecule has 1 aromatic carbocycles. The number of amides is 1. The fraction of sp³-hybridized carbons (Fsp3) is 0.545. The van der Waals surface area contributed by atoms with Crippen molar-refractivity contribution >= 4 is 53.5 Å². The second-order valence-corrected chi connectivity index (χ2v) is 10.7. The van der Waals surface area contributed by atoms with E-state index in [1.165, 1.54) is 12.1 Å². The van der Waals surface area contributed by atoms with Crippen LogP contribution < -0.4 is 5.32 Å². The molecule has 33 heavy (non-hydrogen) atoms. The Bertz CT molecular complexity index is 1010. The average molecular weight is 497 g/mol. The highest BCUT2D eigenvalue weighted by molar-refractivity contribution is 6.68. The Hall–Kier alpha value is -2.10. The summed E-state index contributed by atoms with van der Waals surface area (Å²) >= 11 is 12.0. The van der Waals surface area contributed by atoms with Crippen LogP contribution in [0.25, 0.3) is 0 Å². The molecule has 0 spiro atoms. The molecule has 178 valence electrons. The second-order valence-electron chi connectivity index (χ2n) is 9.87. The maximum atomic E-state index is 13.0. The van der Waals surface area contributed by atoms with Gasteiger partial charge < -0.3 is 19.0 Å². The Morgan fingerprint density at radius 3 is 2.33 bits per heavy atom. The van der Waals surface area contributed by atoms with Gasteiger partial charge in [0, 0.05) is 24.9 Å². The lowest BCUT2D eigenvalue weighted by Crippen LogP contribution is -2.66. The van der Waals surface area contributed by atoms with Crippen molar-refractivity contribution in [2.75, 3.05) is 13.6 Å². The molecule has 0 radical (unpaired) electrons. The number of rotatable bonds is 8. The molecule has 1 N–H and O–H groups in total. The van der Waals surface area contributed by atoms with Crippen LogP contribution in [0.3, 0.4) is 0 Å². The lowest BCUT2D eigenvalue weighted by molar-refractivity contribution is -0.829. The first-order valence-electron chi connectivity index (χ1n) is 11.2. The number of carbonyl (C=O) groups excluding carboxylic acids is 4. The third kappa shape index (κ3) is 3.84. The maximum absolute atomic E-state index is 13.0. The molecule has 0 aromatic heterocycles. The zero-order chi connectivity index (χ0) is 24.1. The summed E-state index contributed by atoms with van der Waals surface area (Å²) in [7, 11) is 1.85. The first-order valence-corrected chi connectivity index (χ1v) is 12.0. The molecule has 1 aromatic rings. The van der Waals surface area contributed by atoms with E-state index in [9.17, 15) is 19.2 Å². The van der Waals surface area contributed by atoms with Gasteiger partial charge in [-0.05, 0) is 36.4 Å². The lowest BCUT2D eigenvalue weighted by Gasteiger charge is -2.47. The molecular formula is C22H27BCl2N2O6. The van der Waals surface area contributed by atoms with Gasteiger partial charge in [0.25, 0.3) is 5.91 Å². The van der Waals surface area contributed by atoms with Gasteiger partial charge >= 0.3 is 18.6 Å². The molecule has 3 saturated heterocycles. The first-order chi connectivity index (χ1) is 15.5. The number of carbonyl (C=O) groups is 4. The molecule has 1 amide bonds. The number of Topliss-reactive ketones (excluding diaryl/α,β-unsaturated/α-hetero) is 1. The normalized spacial score (nSPS) is 30.7. The average Bonchev–Trinajstić information content (AvgIpc) is 3.28. The smallest absolute Gasteiger partial charge is 0.587 e. The van der Waals surface area contributed by atoms with Gasteiger partial charge in [-0.15, -0.1) is 0 Å². The van der Waals surface area contributed by atoms with Gasteiger partial charge in [0.05, 0.1) is 17.1 Å². The largest absolute Gasteiger partial charge is 0.600 e. The molecule has 3 fully saturated rings. The van der Waals surface area contributed by atoms with Gasteiger partial charge in [0.1, 0.15) is 17.9 Å². The molecular weight excluding hydrogens is 470 g/mol. The number of halogens is 2. The number of likely N-dealkylation sites (N-methyl/N-ethyl adjacent to an activating group) is 1. The van der Waals surface area contributed by atoms with Crippen molar-refractivity contribution in [2.45, 2.75) is 57.4 Å². The number of ketones is 1. The van der Waals surface area contributed by atoms with E-state index in [1.54, 1.807) is 6.07 Å². The SMILES string of the molecule is CC(C)C[C@H](CC(=O)CNC(=O)c1cc(Cl)ccc1Cl)[B-]12OC(=O)[C@@H]3CC[C@@H](C(=O)O1)[N+]32C. The maximum Gasteiger partial charge on any atom is 0.587 e. The number of nitrogens with zero attached hydrogens (tertiary/aromatic N) is 1. The van der Waals surface area contributed by atoms with Crippen molar-refractivity contribution in [3.8, 4) is 0 Å². The van der Waals surface area contributed by atoms with Crippen LogP contribution in [0.2, 0.25) is 15.9 Å². The summed E-state index contributed by atoms with van der Waals surface area (Å²) in [4.78, 5) is 50.9. The number of nitrogens with one attached hydrogen (secondary N) is 1. The highest BCUT2D eigenvalue weighted by Crippen LogP contribution is 2.55. The van der Waals surface area contributed by atoms with E-state index in [0.29, 0.717) is 24.3 Å². The Kier molecular flexibility index (Phi) is 6.26. The third-order valence-electron chi connectivity index (χ3n) is 7.43. The van der Waals surface area contributed by atoms with Crippen LogP contribution in [-0.4, -0.2) is 60.4 Å². The molecule has 8 nitrogen and oxygen atoms in total. The summed E-state index contributed by atoms with van der Waals surface area (Å²) in [5.74, 6) is -1.81. The minimum absolute atomic E-state index is 0.00950. The summed E-state index contributed by atoms with van der Waals surface area (Å²) in [6.07, 6.45) is 1.68. The van der Waals surface area contributed by atoms with Gasteiger partial charge in [-0.1, -0.05) is 43.5 Å². The van der Waals surface area contributed by atoms with Crippen molar-refractivity contribution in [3.05, 3.63) is 33.8 Å². The van der Waals surface area contributed by atoms with E-state index in [4.69, 9.17) is 32.5 Å². The molecule has 3 atom stereocenters. The Morgan fingerprint density at radius 2 is 1.76 bits per heavy atom. The molecule has 3 heterocycles. The van der Waals surface area contributed by atoms with Crippen LogP contribution >= 0.6 is 23.2 Å². The Balaban J connectivity index is 1.52. The number of benzene rings is 1. The van der Waals surface area contributed by atoms with Crippen molar-refractivity contribution in [2.24, 2.45) is 5.92 Å². The molecule has 4 rings (SSSR count). The van der Waals surface area contributed by atoms with Crippen LogP contribution in [0.4, 0.5) is 0 Å². The zero-order valence-electron chi connectivity index (χ0n) is 18.8. The summed E-state index contributed by atoms with van der Waals surface area (Å²) in [6, 6.07) is 3.61. The van der Waals surface area contributed by atoms with E-state index in [1.807, 2.05) is 20.9 Å². The van der Waals surface area contributed by atoms with Crippen molar-refractivity contribution in [1.29, 1.82) is 0 Å². The fourth-order valence-electron chi connectivity index (χ4n) is 5.99. The Morgan fingerprint density at radius 1 is 1.15 bits per heavy atom. The van der Waals surface area contributed by atoms with Crippen molar-refractivity contribution < 1.29 is 32.9 Å². The predicted molar refractivity (Wildman–Crippen MR) is 123 cm³/mol. The van der Waals surface area contributed by atoms with Gasteiger partial charge in [0.2, 0.25) is 0 Å². The highest BCUT2D eigenvalue weighted by atomic mass is 35.5. The van der Waals surface area contributed by atoms with Crippen LogP contribution in [0.15, 0.2) is 18.2 Å². The van der Waals surface area contributed by atoms with Gasteiger partial charge in [-0.25, -0.2) is 9.59 Å². The number of quaternary nitrogens is 1. The minimum atomic E-state index is -2.38. The minimum Gasteiger partial charge on any atom is -0.600 e. The number of hydrogen-bond acceptors (Lipinski definition) is 6. The van der Waals surface area contributed by atoms with Crippen molar-refractivity contribution in [1.82, 2.24) is 5.32 Å². The monoisotopic (exact) mass is 496 g/mol. The summed E-state index contributed by atoms with van der Waals surface area (Å²) in [5.41, 5.74) is 0.175. The first kappa shape index (κ1) is 24.0. The van der Waals surface area contributed by atoms with Gasteiger partial charge in [0.15, 0.2) is 0 Å². The summed E-state index contributed by atoms with van der Waals surface area (Å²) in [5, 5.41) is 3.16. The summed E-state index contributed by atoms with van der Waals surface area (Å²) in [6.45, 7) is 1.38. The van der Waals surface area contributed by atoms with Gasteiger partial charge in [-0.2, -0.15) is 0 Å². The van der Waals surface area contributed by atoms with E-state index < -0.39 is 30.5 Å². The zero-order valence-corrected chi connectivity index (χ0v) is 20.3. The topological polar surface area (TPSA) is 98.8 Å². The predicted octanol–water partition coefficient (Wildman–Crippen LogP) is 3.13. The number of hydrogen-bond donors (Lipinski definition) is 1. The molecule has 0 unspecified atom stereocenters. The second kappa shape index (κ2) is 8.60. The Labute approximate surface area is 202 Å². The molecule has 0 saturated carbocycles. The van der Waals surface area contributed by atoms with Crippen LogP contribution in [-0.2, 0) is 23.7 Å². The van der Waals surface area contributed by atoms with Crippen LogP contribution in [0.5, 0.6) is 0 Å². The molecule has 11 heteroatoms. The van der Waals surface area contributed by atoms with E-state index in [2.05, 4.69) is 5.32 Å². The summed E-state index contributed by atoms with van der Waals surface area (Å²) < 4.78 is 11.8. The fourth-order valence-corrected chi connectivity index (χ4v) is 6.36. The molecule has 3 aliphatic rings. The van der Waals surface area contributed by atoms with Crippen LogP contribution in [0, 0.1) is 5.92 Å². The van der Waals surface area contributed by atoms with E-state index in [0.717, 1.165) is 0 Å². The molecule has 0 aliphatic carbocycles. The van der Waals surface area contributed by atoms with Crippen LogP contribution in [0.1, 0.15) is 49.9 Å². The standard InChI is InChI=1S/C22H27BCl2N2O6/c1-12(2)8-13(9-15(28)11-26-20(29)16-10-14(24)4-5-17(16)25)23-27(3)18(21(30)32-23)6-7-19(27)22(31)33-23/h4-5,10,12-13,18-19H,6-9,11H2,1-3H3,(H,26,29)/t13-,18+,19+,23?,27?/m1/s1. The molecule has 0 bridgehead atoms.